The second kappa shape index (κ2) is 14.2. The zero-order valence-electron chi connectivity index (χ0n) is 20.3. The SMILES string of the molecule is CCCN(CCC)C(=O)c1cccc(C(=O)NC(CC(C)C)C(CC(C)C(=O)O)N=[N+]=[N-])c1. The molecule has 3 unspecified atom stereocenters. The summed E-state index contributed by atoms with van der Waals surface area (Å²) in [5.41, 5.74) is 9.78. The summed E-state index contributed by atoms with van der Waals surface area (Å²) >= 11 is 0. The number of amides is 2. The average molecular weight is 460 g/mol. The third kappa shape index (κ3) is 9.14. The van der Waals surface area contributed by atoms with Crippen molar-refractivity contribution >= 4 is 17.8 Å². The van der Waals surface area contributed by atoms with Gasteiger partial charge in [-0.3, -0.25) is 14.4 Å². The van der Waals surface area contributed by atoms with Gasteiger partial charge in [-0.05, 0) is 55.3 Å². The molecule has 0 heterocycles. The van der Waals surface area contributed by atoms with Crippen LogP contribution in [0, 0.1) is 11.8 Å². The molecule has 0 spiro atoms. The number of aliphatic carboxylic acids is 1. The van der Waals surface area contributed by atoms with Crippen LogP contribution in [0.5, 0.6) is 0 Å². The molecule has 0 radical (unpaired) electrons. The van der Waals surface area contributed by atoms with Crippen LogP contribution in [-0.2, 0) is 4.79 Å². The van der Waals surface area contributed by atoms with Gasteiger partial charge in [0.05, 0.1) is 12.0 Å². The molecule has 2 N–H and O–H groups in total. The molecule has 1 aromatic rings. The number of rotatable bonds is 14. The second-order valence-electron chi connectivity index (χ2n) is 8.83. The van der Waals surface area contributed by atoms with Gasteiger partial charge in [0.15, 0.2) is 0 Å². The van der Waals surface area contributed by atoms with Gasteiger partial charge in [-0.25, -0.2) is 0 Å². The predicted molar refractivity (Wildman–Crippen MR) is 128 cm³/mol. The maximum atomic E-state index is 13.1. The number of benzene rings is 1. The van der Waals surface area contributed by atoms with Crippen LogP contribution in [0.2, 0.25) is 0 Å². The molecule has 2 amide bonds. The fourth-order valence-corrected chi connectivity index (χ4v) is 3.72. The van der Waals surface area contributed by atoms with E-state index in [4.69, 9.17) is 5.53 Å². The first-order valence-corrected chi connectivity index (χ1v) is 11.6. The van der Waals surface area contributed by atoms with Crippen LogP contribution in [0.25, 0.3) is 10.4 Å². The largest absolute Gasteiger partial charge is 0.481 e. The Balaban J connectivity index is 3.14. The molecule has 0 saturated heterocycles. The number of carbonyl (C=O) groups is 3. The summed E-state index contributed by atoms with van der Waals surface area (Å²) in [7, 11) is 0. The maximum absolute atomic E-state index is 13.1. The van der Waals surface area contributed by atoms with Gasteiger partial charge in [0.25, 0.3) is 11.8 Å². The Morgan fingerprint density at radius 2 is 1.70 bits per heavy atom. The van der Waals surface area contributed by atoms with Gasteiger partial charge < -0.3 is 15.3 Å². The smallest absolute Gasteiger partial charge is 0.306 e. The van der Waals surface area contributed by atoms with Crippen molar-refractivity contribution in [2.24, 2.45) is 17.0 Å². The minimum Gasteiger partial charge on any atom is -0.481 e. The Hall–Kier alpha value is -3.06. The number of hydrogen-bond acceptors (Lipinski definition) is 4. The van der Waals surface area contributed by atoms with Crippen molar-refractivity contribution in [2.75, 3.05) is 13.1 Å². The Morgan fingerprint density at radius 1 is 1.09 bits per heavy atom. The first-order chi connectivity index (χ1) is 15.6. The summed E-state index contributed by atoms with van der Waals surface area (Å²) in [6.07, 6.45) is 2.32. The zero-order chi connectivity index (χ0) is 25.0. The third-order valence-corrected chi connectivity index (χ3v) is 5.37. The normalized spacial score (nSPS) is 13.5. The first kappa shape index (κ1) is 28.0. The summed E-state index contributed by atoms with van der Waals surface area (Å²) in [5, 5.41) is 16.0. The van der Waals surface area contributed by atoms with Crippen LogP contribution in [0.15, 0.2) is 29.4 Å². The average Bonchev–Trinajstić information content (AvgIpc) is 2.77. The first-order valence-electron chi connectivity index (χ1n) is 11.6. The monoisotopic (exact) mass is 459 g/mol. The topological polar surface area (TPSA) is 135 Å². The van der Waals surface area contributed by atoms with Crippen molar-refractivity contribution in [3.8, 4) is 0 Å². The van der Waals surface area contributed by atoms with Gasteiger partial charge in [-0.2, -0.15) is 0 Å². The van der Waals surface area contributed by atoms with Gasteiger partial charge in [-0.1, -0.05) is 45.8 Å². The highest BCUT2D eigenvalue weighted by molar-refractivity contribution is 5.99. The standard InChI is InChI=1S/C24H37N5O4/c1-6-11-29(12-7-2)23(31)19-10-8-9-18(15-19)22(30)26-20(13-16(3)4)21(27-28-25)14-17(5)24(32)33/h8-10,15-17,20-21H,6-7,11-14H2,1-5H3,(H,26,30)(H,32,33). The van der Waals surface area contributed by atoms with Gasteiger partial charge in [-0.15, -0.1) is 0 Å². The van der Waals surface area contributed by atoms with Gasteiger partial charge >= 0.3 is 5.97 Å². The molecular formula is C24H37N5O4. The van der Waals surface area contributed by atoms with Crippen molar-refractivity contribution in [2.45, 2.75) is 72.4 Å². The highest BCUT2D eigenvalue weighted by Gasteiger charge is 2.28. The van der Waals surface area contributed by atoms with Crippen LogP contribution in [0.4, 0.5) is 0 Å². The maximum Gasteiger partial charge on any atom is 0.306 e. The molecule has 9 nitrogen and oxygen atoms in total. The predicted octanol–water partition coefficient (Wildman–Crippen LogP) is 4.88. The number of hydrogen-bond donors (Lipinski definition) is 2. The fourth-order valence-electron chi connectivity index (χ4n) is 3.72. The van der Waals surface area contributed by atoms with Gasteiger partial charge in [0.1, 0.15) is 0 Å². The number of carboxylic acids is 1. The summed E-state index contributed by atoms with van der Waals surface area (Å²) in [4.78, 5) is 42.0. The molecule has 0 aliphatic heterocycles. The summed E-state index contributed by atoms with van der Waals surface area (Å²) in [6.45, 7) is 10.8. The molecule has 0 aliphatic rings. The van der Waals surface area contributed by atoms with E-state index in [-0.39, 0.29) is 18.2 Å². The van der Waals surface area contributed by atoms with Crippen molar-refractivity contribution in [3.05, 3.63) is 45.8 Å². The minimum absolute atomic E-state index is 0.110. The van der Waals surface area contributed by atoms with Crippen molar-refractivity contribution in [1.29, 1.82) is 0 Å². The summed E-state index contributed by atoms with van der Waals surface area (Å²) < 4.78 is 0. The number of nitrogens with one attached hydrogen (secondary N) is 1. The molecule has 0 aliphatic carbocycles. The number of carboxylic acid groups (broad SMARTS) is 1. The molecule has 9 heteroatoms. The van der Waals surface area contributed by atoms with Crippen LogP contribution in [-0.4, -0.2) is 53.0 Å². The molecule has 182 valence electrons. The Bertz CT molecular complexity index is 845. The summed E-state index contributed by atoms with van der Waals surface area (Å²) in [5.74, 6) is -2.05. The van der Waals surface area contributed by atoms with Crippen molar-refractivity contribution in [1.82, 2.24) is 10.2 Å². The van der Waals surface area contributed by atoms with Crippen LogP contribution >= 0.6 is 0 Å². The number of carbonyl (C=O) groups excluding carboxylic acids is 2. The molecule has 0 saturated carbocycles. The van der Waals surface area contributed by atoms with Crippen molar-refractivity contribution in [3.63, 3.8) is 0 Å². The van der Waals surface area contributed by atoms with E-state index >= 15 is 0 Å². The van der Waals surface area contributed by atoms with Crippen LogP contribution in [0.3, 0.4) is 0 Å². The molecule has 1 rings (SSSR count). The molecule has 3 atom stereocenters. The van der Waals surface area contributed by atoms with Gasteiger partial charge in [0.2, 0.25) is 0 Å². The Kier molecular flexibility index (Phi) is 12.0. The van der Waals surface area contributed by atoms with E-state index < -0.39 is 29.9 Å². The molecule has 0 aromatic heterocycles. The van der Waals surface area contributed by atoms with E-state index in [1.807, 2.05) is 27.7 Å². The number of azide groups is 1. The molecular weight excluding hydrogens is 422 g/mol. The zero-order valence-corrected chi connectivity index (χ0v) is 20.3. The van der Waals surface area contributed by atoms with E-state index in [1.54, 1.807) is 36.1 Å². The third-order valence-electron chi connectivity index (χ3n) is 5.37. The van der Waals surface area contributed by atoms with Gasteiger partial charge in [0, 0.05) is 35.2 Å². The Labute approximate surface area is 196 Å². The Morgan fingerprint density at radius 3 is 2.21 bits per heavy atom. The van der Waals surface area contributed by atoms with E-state index in [1.165, 1.54) is 0 Å². The highest BCUT2D eigenvalue weighted by atomic mass is 16.4. The summed E-state index contributed by atoms with van der Waals surface area (Å²) in [6, 6.07) is 5.33. The lowest BCUT2D eigenvalue weighted by atomic mass is 9.91. The lowest BCUT2D eigenvalue weighted by Crippen LogP contribution is -2.44. The minimum atomic E-state index is -0.988. The molecule has 0 fully saturated rings. The second-order valence-corrected chi connectivity index (χ2v) is 8.83. The fraction of sp³-hybridized carbons (Fsp3) is 0.625. The molecule has 0 bridgehead atoms. The molecule has 1 aromatic carbocycles. The lowest BCUT2D eigenvalue weighted by Gasteiger charge is -2.27. The molecule has 33 heavy (non-hydrogen) atoms. The van der Waals surface area contributed by atoms with E-state index in [0.717, 1.165) is 12.8 Å². The number of nitrogens with zero attached hydrogens (tertiary/aromatic N) is 4. The van der Waals surface area contributed by atoms with E-state index in [9.17, 15) is 19.5 Å². The van der Waals surface area contributed by atoms with E-state index in [2.05, 4.69) is 15.3 Å². The van der Waals surface area contributed by atoms with Crippen LogP contribution in [0.1, 0.15) is 81.0 Å². The quantitative estimate of drug-likeness (QED) is 0.233. The van der Waals surface area contributed by atoms with E-state index in [0.29, 0.717) is 30.6 Å². The van der Waals surface area contributed by atoms with Crippen LogP contribution < -0.4 is 5.32 Å². The highest BCUT2D eigenvalue weighted by Crippen LogP contribution is 2.20. The lowest BCUT2D eigenvalue weighted by molar-refractivity contribution is -0.141. The van der Waals surface area contributed by atoms with Crippen molar-refractivity contribution < 1.29 is 19.5 Å².